The van der Waals surface area contributed by atoms with Crippen LogP contribution in [0, 0.1) is 0 Å². The van der Waals surface area contributed by atoms with Gasteiger partial charge in [-0.3, -0.25) is 9.59 Å². The van der Waals surface area contributed by atoms with E-state index in [1.807, 2.05) is 6.92 Å². The minimum absolute atomic E-state index is 0.0349. The molecule has 0 saturated carbocycles. The molecule has 0 spiro atoms. The van der Waals surface area contributed by atoms with Crippen LogP contribution in [0.3, 0.4) is 0 Å². The van der Waals surface area contributed by atoms with Gasteiger partial charge >= 0.3 is 5.97 Å². The smallest absolute Gasteiger partial charge is 0.336 e. The second kappa shape index (κ2) is 9.13. The number of rotatable bonds is 7. The van der Waals surface area contributed by atoms with E-state index in [-0.39, 0.29) is 33.6 Å². The topological polar surface area (TPSA) is 126 Å². The van der Waals surface area contributed by atoms with Crippen LogP contribution in [0.1, 0.15) is 27.6 Å². The molecular weight excluding hydrogens is 426 g/mol. The SMILES string of the molecule is CCOCCNC(=O)c1ccc(-c2c3ccc(=O)cc-3oc3cc(O)ccc23)c(C(=O)O)c1. The van der Waals surface area contributed by atoms with Crippen molar-refractivity contribution in [1.82, 2.24) is 5.32 Å². The predicted molar refractivity (Wildman–Crippen MR) is 122 cm³/mol. The van der Waals surface area contributed by atoms with Gasteiger partial charge < -0.3 is 24.7 Å². The zero-order valence-electron chi connectivity index (χ0n) is 17.8. The van der Waals surface area contributed by atoms with Crippen molar-refractivity contribution in [2.24, 2.45) is 0 Å². The molecule has 0 saturated heterocycles. The molecule has 0 aromatic heterocycles. The largest absolute Gasteiger partial charge is 0.508 e. The molecule has 4 rings (SSSR count). The minimum Gasteiger partial charge on any atom is -0.508 e. The van der Waals surface area contributed by atoms with E-state index < -0.39 is 11.9 Å². The van der Waals surface area contributed by atoms with E-state index in [0.29, 0.717) is 41.8 Å². The Morgan fingerprint density at radius 2 is 1.82 bits per heavy atom. The maximum absolute atomic E-state index is 12.5. The number of nitrogens with one attached hydrogen (secondary N) is 1. The first-order chi connectivity index (χ1) is 15.9. The van der Waals surface area contributed by atoms with Gasteiger partial charge in [-0.25, -0.2) is 4.79 Å². The van der Waals surface area contributed by atoms with Crippen LogP contribution in [-0.2, 0) is 4.74 Å². The Morgan fingerprint density at radius 3 is 2.58 bits per heavy atom. The van der Waals surface area contributed by atoms with E-state index in [2.05, 4.69) is 5.32 Å². The van der Waals surface area contributed by atoms with E-state index in [9.17, 15) is 24.6 Å². The quantitative estimate of drug-likeness (QED) is 0.291. The van der Waals surface area contributed by atoms with Gasteiger partial charge in [-0.2, -0.15) is 0 Å². The maximum Gasteiger partial charge on any atom is 0.336 e. The lowest BCUT2D eigenvalue weighted by molar-refractivity contribution is 0.0697. The summed E-state index contributed by atoms with van der Waals surface area (Å²) in [5.41, 5.74) is 1.54. The number of carbonyl (C=O) groups excluding carboxylic acids is 1. The van der Waals surface area contributed by atoms with Gasteiger partial charge in [-0.15, -0.1) is 0 Å². The average molecular weight is 447 g/mol. The fourth-order valence-electron chi connectivity index (χ4n) is 3.71. The van der Waals surface area contributed by atoms with Crippen LogP contribution in [0.25, 0.3) is 33.4 Å². The second-order valence-electron chi connectivity index (χ2n) is 7.33. The molecule has 168 valence electrons. The molecule has 1 heterocycles. The first-order valence-electron chi connectivity index (χ1n) is 10.3. The number of ether oxygens (including phenoxy) is 1. The zero-order chi connectivity index (χ0) is 23.5. The molecule has 2 aromatic carbocycles. The zero-order valence-corrected chi connectivity index (χ0v) is 17.8. The van der Waals surface area contributed by atoms with Gasteiger partial charge in [0.2, 0.25) is 0 Å². The summed E-state index contributed by atoms with van der Waals surface area (Å²) in [6, 6.07) is 13.2. The minimum atomic E-state index is -1.21. The highest BCUT2D eigenvalue weighted by Crippen LogP contribution is 2.42. The van der Waals surface area contributed by atoms with Crippen molar-refractivity contribution >= 4 is 22.8 Å². The molecule has 2 aliphatic rings. The van der Waals surface area contributed by atoms with Crippen LogP contribution < -0.4 is 10.7 Å². The van der Waals surface area contributed by atoms with Gasteiger partial charge in [0.1, 0.15) is 17.1 Å². The summed E-state index contributed by atoms with van der Waals surface area (Å²) in [5, 5.41) is 23.1. The fraction of sp³-hybridized carbons (Fsp3) is 0.160. The molecule has 3 N–H and O–H groups in total. The Morgan fingerprint density at radius 1 is 1.03 bits per heavy atom. The lowest BCUT2D eigenvalue weighted by atomic mass is 9.90. The van der Waals surface area contributed by atoms with Crippen molar-refractivity contribution in [1.29, 1.82) is 0 Å². The number of hydrogen-bond acceptors (Lipinski definition) is 6. The highest BCUT2D eigenvalue weighted by atomic mass is 16.5. The van der Waals surface area contributed by atoms with Crippen molar-refractivity contribution in [3.63, 3.8) is 0 Å². The van der Waals surface area contributed by atoms with Crippen LogP contribution in [0.4, 0.5) is 0 Å². The summed E-state index contributed by atoms with van der Waals surface area (Å²) < 4.78 is 11.0. The molecule has 0 fully saturated rings. The van der Waals surface area contributed by atoms with Gasteiger partial charge in [0, 0.05) is 47.4 Å². The molecule has 8 nitrogen and oxygen atoms in total. The number of phenols is 1. The van der Waals surface area contributed by atoms with Crippen molar-refractivity contribution in [2.75, 3.05) is 19.8 Å². The lowest BCUT2D eigenvalue weighted by Crippen LogP contribution is -2.27. The highest BCUT2D eigenvalue weighted by Gasteiger charge is 2.23. The van der Waals surface area contributed by atoms with E-state index in [1.165, 1.54) is 30.3 Å². The van der Waals surface area contributed by atoms with Crippen LogP contribution in [0.2, 0.25) is 0 Å². The Labute approximate surface area is 188 Å². The molecule has 1 aliphatic heterocycles. The van der Waals surface area contributed by atoms with Gasteiger partial charge in [-0.05, 0) is 48.9 Å². The third kappa shape index (κ3) is 4.42. The summed E-state index contributed by atoms with van der Waals surface area (Å²) >= 11 is 0. The molecule has 0 bridgehead atoms. The standard InChI is InChI=1S/C25H21NO7/c1-2-32-10-9-26-24(29)14-3-6-17(20(11-14)25(30)31)23-18-7-4-15(27)12-21(18)33-22-13-16(28)5-8-19(22)23/h3-8,11-13,27H,2,9-10H2,1H3,(H,26,29)(H,30,31). The van der Waals surface area contributed by atoms with Gasteiger partial charge in [0.05, 0.1) is 12.2 Å². The predicted octanol–water partition coefficient (Wildman–Crippen LogP) is 3.73. The Bertz CT molecular complexity index is 1390. The molecule has 1 aliphatic carbocycles. The molecule has 33 heavy (non-hydrogen) atoms. The number of fused-ring (bicyclic) bond motifs is 2. The number of carbonyl (C=O) groups is 2. The third-order valence-corrected chi connectivity index (χ3v) is 5.19. The maximum atomic E-state index is 12.5. The molecule has 0 radical (unpaired) electrons. The fourth-order valence-corrected chi connectivity index (χ4v) is 3.71. The van der Waals surface area contributed by atoms with Gasteiger partial charge in [0.25, 0.3) is 5.91 Å². The normalized spacial score (nSPS) is 11.1. The van der Waals surface area contributed by atoms with E-state index in [1.54, 1.807) is 24.3 Å². The Hall–Kier alpha value is -4.17. The Balaban J connectivity index is 1.89. The Kier molecular flexibility index (Phi) is 6.10. The molecular formula is C25H21NO7. The van der Waals surface area contributed by atoms with Gasteiger partial charge in [0.15, 0.2) is 5.43 Å². The number of aromatic carboxylic acids is 1. The second-order valence-corrected chi connectivity index (χ2v) is 7.33. The summed E-state index contributed by atoms with van der Waals surface area (Å²) in [5.74, 6) is -1.41. The molecule has 0 atom stereocenters. The van der Waals surface area contributed by atoms with Crippen LogP contribution in [0.5, 0.6) is 5.75 Å². The van der Waals surface area contributed by atoms with Crippen molar-refractivity contribution < 1.29 is 29.0 Å². The number of aromatic hydroxyl groups is 1. The molecule has 2 aromatic rings. The van der Waals surface area contributed by atoms with E-state index in [4.69, 9.17) is 9.15 Å². The number of hydrogen-bond donors (Lipinski definition) is 3. The number of carboxylic acids is 1. The summed E-state index contributed by atoms with van der Waals surface area (Å²) in [6.45, 7) is 3.03. The number of carboxylic acid groups (broad SMARTS) is 1. The average Bonchev–Trinajstić information content (AvgIpc) is 2.79. The number of benzene rings is 3. The molecule has 1 amide bonds. The van der Waals surface area contributed by atoms with Crippen LogP contribution in [0.15, 0.2) is 63.8 Å². The van der Waals surface area contributed by atoms with Crippen molar-refractivity contribution in [3.05, 3.63) is 75.9 Å². The van der Waals surface area contributed by atoms with Gasteiger partial charge in [-0.1, -0.05) is 6.07 Å². The molecule has 8 heteroatoms. The third-order valence-electron chi connectivity index (χ3n) is 5.19. The van der Waals surface area contributed by atoms with E-state index in [0.717, 1.165) is 0 Å². The van der Waals surface area contributed by atoms with Crippen LogP contribution in [-0.4, -0.2) is 41.8 Å². The summed E-state index contributed by atoms with van der Waals surface area (Å²) in [6.07, 6.45) is 0. The summed E-state index contributed by atoms with van der Waals surface area (Å²) in [4.78, 5) is 36.6. The number of amides is 1. The van der Waals surface area contributed by atoms with Crippen molar-refractivity contribution in [3.8, 4) is 28.2 Å². The highest BCUT2D eigenvalue weighted by molar-refractivity contribution is 6.09. The number of phenolic OH excluding ortho intramolecular Hbond substituents is 1. The monoisotopic (exact) mass is 447 g/mol. The van der Waals surface area contributed by atoms with Crippen molar-refractivity contribution in [2.45, 2.75) is 6.92 Å². The first kappa shape index (κ1) is 22.0. The summed E-state index contributed by atoms with van der Waals surface area (Å²) in [7, 11) is 0. The van der Waals surface area contributed by atoms with E-state index >= 15 is 0 Å². The lowest BCUT2D eigenvalue weighted by Gasteiger charge is -2.17. The molecule has 0 unspecified atom stereocenters. The van der Waals surface area contributed by atoms with Crippen LogP contribution >= 0.6 is 0 Å². The first-order valence-corrected chi connectivity index (χ1v) is 10.3.